The Balaban J connectivity index is 0.000000160. The predicted octanol–water partition coefficient (Wildman–Crippen LogP) is 19.9. The number of carbonyl (C=O) groups excluding carboxylic acids is 5. The van der Waals surface area contributed by atoms with E-state index in [4.69, 9.17) is 37.9 Å². The van der Waals surface area contributed by atoms with Crippen molar-refractivity contribution in [3.63, 3.8) is 0 Å². The number of anilines is 2. The standard InChI is InChI=1S/C33H40N2O6.C28H32N2O4.C28H32N2O3.C20H22O3/c1-6-39-31(36)22-27-20-25-18-23(2)29(21-26(25)19-24-12-7-8-13-28(24)27)40-17-11-15-34(32(37)41-33(3,4)5)30-14-9-10-16-35(30)38;1-3-33-28(31)19-24-17-22-15-20(2)26(18-23(22)16-21-9-4-5-10-25(21)24)34-14-8-12-29-27-11-6-7-13-30(27)32;1-3-32-28(31)19-24-17-22-15-20(2)26(18-23(22)16-21-9-4-5-10-25(21)24)33-14-8-13-30-27-11-6-7-12-29-27;1-3-23-20(22)12-17-10-15-8-13(2)19(21)11-16(15)9-14-6-4-5-7-18(14)17/h7-10,12-14,16,18,21,27H,6,11,15,17,19-20,22H2,1-5H3;4-7,9-11,13,15,18,24,32H,3,8,12,14,16-17,19H2,1-2H3;4-7,9-12,15,18,24H,3,8,13-14,16-17,19H2,1-2H3,(H,29,30);4-8,11,17,21H,3,9-10,12H2,1-2H3. The quantitative estimate of drug-likeness (QED) is 0.00981. The molecule has 3 aromatic heterocycles. The summed E-state index contributed by atoms with van der Waals surface area (Å²) in [5.74, 6) is 3.86. The van der Waals surface area contributed by atoms with Crippen LogP contribution in [0.5, 0.6) is 23.0 Å². The minimum atomic E-state index is -0.693. The summed E-state index contributed by atoms with van der Waals surface area (Å²) in [6.07, 6.45) is 14.2. The van der Waals surface area contributed by atoms with Gasteiger partial charge in [-0.1, -0.05) is 140 Å². The van der Waals surface area contributed by atoms with Crippen molar-refractivity contribution in [1.29, 1.82) is 0 Å². The van der Waals surface area contributed by atoms with Gasteiger partial charge in [-0.3, -0.25) is 24.2 Å². The van der Waals surface area contributed by atoms with Gasteiger partial charge >= 0.3 is 30.0 Å². The van der Waals surface area contributed by atoms with E-state index >= 15 is 0 Å². The maximum absolute atomic E-state index is 12.9. The second kappa shape index (κ2) is 47.4. The summed E-state index contributed by atoms with van der Waals surface area (Å²) in [7, 11) is 0. The second-order valence-electron chi connectivity index (χ2n) is 34.8. The monoisotopic (exact) mass is 1770 g/mol. The molecule has 4 atom stereocenters. The van der Waals surface area contributed by atoms with Gasteiger partial charge in [0.15, 0.2) is 5.49 Å². The third-order valence-electron chi connectivity index (χ3n) is 23.9. The van der Waals surface area contributed by atoms with Crippen LogP contribution < -0.4 is 34.6 Å². The van der Waals surface area contributed by atoms with E-state index in [1.165, 1.54) is 94.5 Å². The molecule has 22 heteroatoms. The maximum Gasteiger partial charge on any atom is 0.507 e. The van der Waals surface area contributed by atoms with E-state index in [0.717, 1.165) is 126 Å². The maximum atomic E-state index is 12.9. The van der Waals surface area contributed by atoms with E-state index in [-0.39, 0.29) is 59.9 Å². The number of phenolic OH excluding ortho intramolecular Hbond substituents is 1. The largest absolute Gasteiger partial charge is 0.711 e. The van der Waals surface area contributed by atoms with Crippen molar-refractivity contribution in [2.75, 3.05) is 76.1 Å². The number of aromatic hydroxyl groups is 1. The Kier molecular flexibility index (Phi) is 35.0. The molecular formula is C109H126N6O16. The van der Waals surface area contributed by atoms with Gasteiger partial charge in [-0.2, -0.15) is 14.4 Å². The summed E-state index contributed by atoms with van der Waals surface area (Å²) in [6.45, 7) is 25.6. The van der Waals surface area contributed by atoms with Gasteiger partial charge in [0, 0.05) is 44.4 Å². The van der Waals surface area contributed by atoms with Gasteiger partial charge in [0.05, 0.1) is 78.1 Å². The van der Waals surface area contributed by atoms with Crippen LogP contribution in [0.1, 0.15) is 228 Å². The Morgan fingerprint density at radius 3 is 1.24 bits per heavy atom. The number of hydrogen-bond acceptors (Lipinski definition) is 19. The van der Waals surface area contributed by atoms with Gasteiger partial charge in [0.2, 0.25) is 0 Å². The molecule has 131 heavy (non-hydrogen) atoms. The van der Waals surface area contributed by atoms with Crippen molar-refractivity contribution in [2.45, 2.75) is 202 Å². The molecule has 15 rings (SSSR count). The lowest BCUT2D eigenvalue weighted by molar-refractivity contribution is -0.591. The van der Waals surface area contributed by atoms with Crippen molar-refractivity contribution in [3.05, 3.63) is 341 Å². The van der Waals surface area contributed by atoms with Crippen LogP contribution in [0.3, 0.4) is 0 Å². The highest BCUT2D eigenvalue weighted by molar-refractivity contribution is 5.86. The zero-order chi connectivity index (χ0) is 92.9. The number of rotatable bonds is 29. The minimum absolute atomic E-state index is 0.0540. The molecule has 0 spiro atoms. The van der Waals surface area contributed by atoms with Crippen molar-refractivity contribution in [2.24, 2.45) is 4.99 Å². The van der Waals surface area contributed by atoms with Crippen LogP contribution in [0, 0.1) is 32.9 Å². The zero-order valence-electron chi connectivity index (χ0n) is 77.6. The molecule has 1 amide bonds. The van der Waals surface area contributed by atoms with E-state index in [1.807, 2.05) is 102 Å². The molecule has 0 fully saturated rings. The van der Waals surface area contributed by atoms with Gasteiger partial charge in [0.1, 0.15) is 41.0 Å². The average Bonchev–Trinajstić information content (AvgIpc) is 1.67. The lowest BCUT2D eigenvalue weighted by Gasteiger charge is -2.24. The zero-order valence-corrected chi connectivity index (χ0v) is 77.6. The molecule has 0 radical (unpaired) electrons. The molecule has 0 bridgehead atoms. The van der Waals surface area contributed by atoms with E-state index < -0.39 is 11.7 Å². The van der Waals surface area contributed by atoms with Crippen LogP contribution in [0.2, 0.25) is 0 Å². The normalized spacial score (nSPS) is 14.9. The second-order valence-corrected chi connectivity index (χ2v) is 34.8. The SMILES string of the molecule is CCOC(=O)CC1Cc2cc(C)c(O)cc2Cc2ccccc21.CCOC(=O)CC1Cc2cc(C)c(OCCCN(C(=O)OC(C)(C)C)c3cccc[n+]3[O-])cc2Cc2ccccc21.CCOC(=O)CC1Cc2cc(C)c(OCCCN=c3ccccn3O)cc2Cc2ccccc21.CCOC(=O)CC1Cc2cc(C)c(OCCCNc3ccccn3)cc2Cc2ccccc21. The fourth-order valence-corrected chi connectivity index (χ4v) is 17.7. The number of nitrogens with zero attached hydrogens (tertiary/aromatic N) is 5. The molecule has 688 valence electrons. The van der Waals surface area contributed by atoms with Gasteiger partial charge in [-0.15, -0.1) is 0 Å². The fraction of sp³-hybridized carbons (Fsp3) is 0.376. The Hall–Kier alpha value is -13.2. The van der Waals surface area contributed by atoms with Gasteiger partial charge in [0.25, 0.3) is 5.82 Å². The average molecular weight is 1780 g/mol. The summed E-state index contributed by atoms with van der Waals surface area (Å²) >= 11 is 0. The summed E-state index contributed by atoms with van der Waals surface area (Å²) in [5, 5.41) is 35.5. The molecule has 4 aliphatic rings. The van der Waals surface area contributed by atoms with Crippen LogP contribution in [0.25, 0.3) is 0 Å². The van der Waals surface area contributed by atoms with Crippen LogP contribution in [-0.2, 0) is 94.2 Å². The number of phenols is 1. The van der Waals surface area contributed by atoms with Gasteiger partial charge in [-0.05, 0) is 323 Å². The summed E-state index contributed by atoms with van der Waals surface area (Å²) in [6, 6.07) is 66.5. The van der Waals surface area contributed by atoms with E-state index in [0.29, 0.717) is 101 Å². The number of esters is 4. The highest BCUT2D eigenvalue weighted by Crippen LogP contribution is 2.42. The molecule has 0 aliphatic heterocycles. The topological polar surface area (TPSA) is 272 Å². The van der Waals surface area contributed by atoms with Crippen LogP contribution in [0.15, 0.2) is 224 Å². The number of amides is 1. The number of carbonyl (C=O) groups is 5. The van der Waals surface area contributed by atoms with Crippen LogP contribution in [-0.4, -0.2) is 121 Å². The number of hydrogen-bond donors (Lipinski definition) is 3. The molecule has 0 saturated carbocycles. The van der Waals surface area contributed by atoms with Crippen molar-refractivity contribution in [1.82, 2.24) is 9.71 Å². The molecular weight excluding hydrogens is 1650 g/mol. The number of aryl methyl sites for hydroxylation is 4. The highest BCUT2D eigenvalue weighted by atomic mass is 16.6. The summed E-state index contributed by atoms with van der Waals surface area (Å²) in [4.78, 5) is 71.9. The molecule has 4 unspecified atom stereocenters. The number of ether oxygens (including phenoxy) is 8. The molecule has 8 aromatic carbocycles. The van der Waals surface area contributed by atoms with Crippen molar-refractivity contribution in [3.8, 4) is 23.0 Å². The minimum Gasteiger partial charge on any atom is -0.711 e. The Morgan fingerprint density at radius 1 is 0.466 bits per heavy atom. The summed E-state index contributed by atoms with van der Waals surface area (Å²) < 4.78 is 46.7. The third-order valence-corrected chi connectivity index (χ3v) is 23.9. The lowest BCUT2D eigenvalue weighted by Crippen LogP contribution is -2.44. The molecule has 0 saturated heterocycles. The number of nitrogens with one attached hydrogen (secondary N) is 1. The number of pyridine rings is 3. The summed E-state index contributed by atoms with van der Waals surface area (Å²) in [5.41, 5.74) is 23.6. The highest BCUT2D eigenvalue weighted by Gasteiger charge is 2.34. The fourth-order valence-electron chi connectivity index (χ4n) is 17.7. The van der Waals surface area contributed by atoms with Crippen molar-refractivity contribution < 1.29 is 76.9 Å². The first kappa shape index (κ1) is 96.8. The lowest BCUT2D eigenvalue weighted by atomic mass is 9.88. The molecule has 4 aliphatic carbocycles. The third kappa shape index (κ3) is 27.4. The van der Waals surface area contributed by atoms with E-state index in [9.17, 15) is 39.5 Å². The molecule has 3 N–H and O–H groups in total. The van der Waals surface area contributed by atoms with Crippen molar-refractivity contribution >= 4 is 41.6 Å². The predicted molar refractivity (Wildman–Crippen MR) is 508 cm³/mol. The van der Waals surface area contributed by atoms with Crippen LogP contribution >= 0.6 is 0 Å². The van der Waals surface area contributed by atoms with Gasteiger partial charge < -0.3 is 58.7 Å². The number of aromatic nitrogens is 3. The number of benzene rings is 8. The van der Waals surface area contributed by atoms with E-state index in [1.54, 1.807) is 63.5 Å². The first-order valence-corrected chi connectivity index (χ1v) is 46.0. The molecule has 3 heterocycles. The smallest absolute Gasteiger partial charge is 0.507 e. The molecule has 11 aromatic rings. The van der Waals surface area contributed by atoms with Gasteiger partial charge in [-0.25, -0.2) is 9.71 Å². The molecule has 22 nitrogen and oxygen atoms in total. The van der Waals surface area contributed by atoms with Crippen LogP contribution in [0.4, 0.5) is 16.4 Å². The van der Waals surface area contributed by atoms with E-state index in [2.05, 4.69) is 138 Å². The first-order chi connectivity index (χ1) is 63.3. The Labute approximate surface area is 770 Å². The number of fused-ring (bicyclic) bond motifs is 8. The first-order valence-electron chi connectivity index (χ1n) is 46.0. The Bertz CT molecular complexity index is 5800. The Morgan fingerprint density at radius 2 is 0.847 bits per heavy atom.